The second kappa shape index (κ2) is 10.4. The number of sulfonamides is 1. The Morgan fingerprint density at radius 2 is 1.68 bits per heavy atom. The van der Waals surface area contributed by atoms with Gasteiger partial charge in [-0.1, -0.05) is 37.1 Å². The Bertz CT molecular complexity index is 1530. The maximum absolute atomic E-state index is 13.9. The summed E-state index contributed by atoms with van der Waals surface area (Å²) >= 11 is 0. The van der Waals surface area contributed by atoms with Crippen LogP contribution in [0.2, 0.25) is 0 Å². The lowest BCUT2D eigenvalue weighted by Crippen LogP contribution is -2.46. The van der Waals surface area contributed by atoms with E-state index in [0.717, 1.165) is 42.4 Å². The molecular weight excluding hydrogens is 547 g/mol. The Morgan fingerprint density at radius 1 is 1.00 bits per heavy atom. The van der Waals surface area contributed by atoms with Gasteiger partial charge >= 0.3 is 12.3 Å². The van der Waals surface area contributed by atoms with E-state index < -0.39 is 29.0 Å². The molecule has 212 valence electrons. The molecule has 1 spiro atoms. The van der Waals surface area contributed by atoms with E-state index in [2.05, 4.69) is 4.74 Å². The van der Waals surface area contributed by atoms with Gasteiger partial charge in [0, 0.05) is 18.5 Å². The monoisotopic (exact) mass is 575 g/mol. The molecule has 0 aromatic heterocycles. The molecule has 3 aromatic rings. The molecule has 0 bridgehead atoms. The zero-order valence-electron chi connectivity index (χ0n) is 21.7. The molecule has 1 heterocycles. The van der Waals surface area contributed by atoms with Crippen molar-refractivity contribution in [1.82, 2.24) is 4.31 Å². The van der Waals surface area contributed by atoms with Crippen molar-refractivity contribution in [1.29, 1.82) is 0 Å². The van der Waals surface area contributed by atoms with Crippen LogP contribution in [0.3, 0.4) is 0 Å². The first kappa shape index (κ1) is 28.0. The van der Waals surface area contributed by atoms with Crippen molar-refractivity contribution in [2.24, 2.45) is 0 Å². The largest absolute Gasteiger partial charge is 0.573 e. The van der Waals surface area contributed by atoms with Gasteiger partial charge in [-0.25, -0.2) is 13.2 Å². The molecule has 0 amide bonds. The first-order valence-corrected chi connectivity index (χ1v) is 14.3. The average molecular weight is 576 g/mol. The van der Waals surface area contributed by atoms with E-state index in [4.69, 9.17) is 9.84 Å². The van der Waals surface area contributed by atoms with Gasteiger partial charge in [-0.3, -0.25) is 0 Å². The van der Waals surface area contributed by atoms with Crippen LogP contribution in [0, 0.1) is 6.92 Å². The highest BCUT2D eigenvalue weighted by Gasteiger charge is 2.45. The molecule has 1 fully saturated rings. The minimum atomic E-state index is -4.78. The fraction of sp³-hybridized carbons (Fsp3) is 0.345. The van der Waals surface area contributed by atoms with E-state index in [9.17, 15) is 26.4 Å². The van der Waals surface area contributed by atoms with Crippen LogP contribution in [0.5, 0.6) is 11.5 Å². The third kappa shape index (κ3) is 5.66. The molecule has 1 aliphatic heterocycles. The number of benzene rings is 3. The predicted octanol–water partition coefficient (Wildman–Crippen LogP) is 6.04. The Morgan fingerprint density at radius 3 is 2.30 bits per heavy atom. The number of carboxylic acid groups (broad SMARTS) is 1. The summed E-state index contributed by atoms with van der Waals surface area (Å²) in [7, 11) is -3.90. The quantitative estimate of drug-likeness (QED) is 0.369. The number of hydrogen-bond acceptors (Lipinski definition) is 5. The first-order chi connectivity index (χ1) is 18.9. The molecule has 2 aliphatic rings. The van der Waals surface area contributed by atoms with E-state index in [1.165, 1.54) is 34.6 Å². The van der Waals surface area contributed by atoms with Crippen LogP contribution in [0.4, 0.5) is 13.2 Å². The molecular formula is C29H28F3NO6S. The summed E-state index contributed by atoms with van der Waals surface area (Å²) in [5, 5.41) is 8.87. The second-order valence-corrected chi connectivity index (χ2v) is 12.3. The molecule has 1 N–H and O–H groups in total. The van der Waals surface area contributed by atoms with Crippen molar-refractivity contribution >= 4 is 16.0 Å². The van der Waals surface area contributed by atoms with Crippen LogP contribution in [0.15, 0.2) is 65.6 Å². The summed E-state index contributed by atoms with van der Waals surface area (Å²) in [6.07, 6.45) is -1.08. The number of alkyl halides is 3. The van der Waals surface area contributed by atoms with Gasteiger partial charge < -0.3 is 14.6 Å². The highest BCUT2D eigenvalue weighted by Crippen LogP contribution is 2.48. The van der Waals surface area contributed by atoms with Crippen molar-refractivity contribution in [3.05, 3.63) is 77.4 Å². The standard InChI is InChI=1S/C29H28F3NO6S/c1-19-14-24(9-11-26(19)38-17-27(34)35)40(36,37)33-16-22-15-21(6-10-25(22)28(18-33)12-2-3-13-28)20-4-7-23(8-5-20)39-29(30,31)32/h4-11,14-15H,2-3,12-13,16-18H2,1H3,(H,34,35). The van der Waals surface area contributed by atoms with E-state index in [1.54, 1.807) is 19.1 Å². The maximum atomic E-state index is 13.9. The van der Waals surface area contributed by atoms with Gasteiger partial charge in [0.1, 0.15) is 11.5 Å². The predicted molar refractivity (Wildman–Crippen MR) is 141 cm³/mol. The van der Waals surface area contributed by atoms with E-state index in [1.807, 2.05) is 18.2 Å². The molecule has 0 radical (unpaired) electrons. The van der Waals surface area contributed by atoms with Gasteiger partial charge in [0.2, 0.25) is 10.0 Å². The summed E-state index contributed by atoms with van der Waals surface area (Å²) in [5.74, 6) is -1.14. The lowest BCUT2D eigenvalue weighted by molar-refractivity contribution is -0.274. The van der Waals surface area contributed by atoms with Gasteiger partial charge in [-0.15, -0.1) is 13.2 Å². The number of hydrogen-bond donors (Lipinski definition) is 1. The number of carbonyl (C=O) groups is 1. The summed E-state index contributed by atoms with van der Waals surface area (Å²) in [5.41, 5.74) is 3.62. The Balaban J connectivity index is 1.46. The summed E-state index contributed by atoms with van der Waals surface area (Å²) in [6.45, 7) is 1.64. The molecule has 1 aliphatic carbocycles. The third-order valence-corrected chi connectivity index (χ3v) is 9.41. The van der Waals surface area contributed by atoms with Gasteiger partial charge in [-0.2, -0.15) is 4.31 Å². The second-order valence-electron chi connectivity index (χ2n) is 10.3. The van der Waals surface area contributed by atoms with Crippen LogP contribution in [0.25, 0.3) is 11.1 Å². The number of carboxylic acids is 1. The number of nitrogens with zero attached hydrogens (tertiary/aromatic N) is 1. The maximum Gasteiger partial charge on any atom is 0.573 e. The zero-order valence-corrected chi connectivity index (χ0v) is 22.5. The van der Waals surface area contributed by atoms with Crippen LogP contribution in [-0.2, 0) is 26.8 Å². The zero-order chi connectivity index (χ0) is 28.7. The topological polar surface area (TPSA) is 93.1 Å². The summed E-state index contributed by atoms with van der Waals surface area (Å²) in [6, 6.07) is 15.9. The number of rotatable bonds is 7. The molecule has 0 unspecified atom stereocenters. The minimum absolute atomic E-state index is 0.0979. The van der Waals surface area contributed by atoms with Gasteiger partial charge in [0.25, 0.3) is 0 Å². The Labute approximate surface area is 230 Å². The Kier molecular flexibility index (Phi) is 7.30. The van der Waals surface area contributed by atoms with Gasteiger partial charge in [0.15, 0.2) is 6.61 Å². The third-order valence-electron chi connectivity index (χ3n) is 7.62. The fourth-order valence-electron chi connectivity index (χ4n) is 5.82. The number of halogens is 3. The highest BCUT2D eigenvalue weighted by atomic mass is 32.2. The molecule has 7 nitrogen and oxygen atoms in total. The highest BCUT2D eigenvalue weighted by molar-refractivity contribution is 7.89. The molecule has 40 heavy (non-hydrogen) atoms. The molecule has 5 rings (SSSR count). The van der Waals surface area contributed by atoms with E-state index in [-0.39, 0.29) is 22.6 Å². The van der Waals surface area contributed by atoms with Crippen LogP contribution < -0.4 is 9.47 Å². The molecule has 0 saturated heterocycles. The average Bonchev–Trinajstić information content (AvgIpc) is 3.35. The normalized spacial score (nSPS) is 17.0. The van der Waals surface area contributed by atoms with Gasteiger partial charge in [0.05, 0.1) is 4.90 Å². The van der Waals surface area contributed by atoms with Crippen LogP contribution in [0.1, 0.15) is 42.4 Å². The molecule has 0 atom stereocenters. The summed E-state index contributed by atoms with van der Waals surface area (Å²) in [4.78, 5) is 10.9. The number of ether oxygens (including phenoxy) is 2. The molecule has 11 heteroatoms. The minimum Gasteiger partial charge on any atom is -0.482 e. The van der Waals surface area contributed by atoms with Crippen LogP contribution >= 0.6 is 0 Å². The number of fused-ring (bicyclic) bond motifs is 2. The summed E-state index contributed by atoms with van der Waals surface area (Å²) < 4.78 is 76.1. The van der Waals surface area contributed by atoms with E-state index in [0.29, 0.717) is 23.4 Å². The molecule has 3 aromatic carbocycles. The van der Waals surface area contributed by atoms with E-state index >= 15 is 0 Å². The van der Waals surface area contributed by atoms with Crippen molar-refractivity contribution in [3.8, 4) is 22.6 Å². The smallest absolute Gasteiger partial charge is 0.482 e. The number of aryl methyl sites for hydroxylation is 1. The van der Waals surface area contributed by atoms with Gasteiger partial charge in [-0.05, 0) is 84.0 Å². The lowest BCUT2D eigenvalue weighted by Gasteiger charge is -2.41. The SMILES string of the molecule is Cc1cc(S(=O)(=O)N2Cc3cc(-c4ccc(OC(F)(F)F)cc4)ccc3C3(CCCC3)C2)ccc1OCC(=O)O. The fourth-order valence-corrected chi connectivity index (χ4v) is 7.41. The van der Waals surface area contributed by atoms with Crippen molar-refractivity contribution in [3.63, 3.8) is 0 Å². The van der Waals surface area contributed by atoms with Crippen LogP contribution in [-0.4, -0.2) is 43.3 Å². The van der Waals surface area contributed by atoms with Crippen molar-refractivity contribution in [2.75, 3.05) is 13.2 Å². The lowest BCUT2D eigenvalue weighted by atomic mass is 9.74. The van der Waals surface area contributed by atoms with Crippen molar-refractivity contribution in [2.45, 2.75) is 55.8 Å². The van der Waals surface area contributed by atoms with Crippen molar-refractivity contribution < 1.29 is 41.0 Å². The Hall–Kier alpha value is -3.57. The molecule has 1 saturated carbocycles. The first-order valence-electron chi connectivity index (χ1n) is 12.8. The number of aliphatic carboxylic acids is 1.